The van der Waals surface area contributed by atoms with Gasteiger partial charge in [-0.1, -0.05) is 32.4 Å². The molecule has 1 saturated carbocycles. The largest absolute Gasteiger partial charge is 0.355 e. The number of amides is 2. The normalized spacial score (nSPS) is 28.9. The second-order valence-corrected chi connectivity index (χ2v) is 11.3. The van der Waals surface area contributed by atoms with Crippen molar-refractivity contribution in [2.75, 3.05) is 18.1 Å². The molecule has 27 heavy (non-hydrogen) atoms. The molecule has 2 amide bonds. The summed E-state index contributed by atoms with van der Waals surface area (Å²) in [7, 11) is -3.31. The fraction of sp³-hybridized carbons (Fsp3) is 0.800. The van der Waals surface area contributed by atoms with Crippen molar-refractivity contribution < 1.29 is 18.0 Å². The van der Waals surface area contributed by atoms with Crippen molar-refractivity contribution in [1.82, 2.24) is 10.6 Å². The molecule has 0 bridgehead atoms. The smallest absolute Gasteiger partial charge is 0.226 e. The topological polar surface area (TPSA) is 92.3 Å². The molecule has 1 saturated heterocycles. The van der Waals surface area contributed by atoms with Crippen LogP contribution in [0.15, 0.2) is 12.2 Å². The third-order valence-electron chi connectivity index (χ3n) is 6.29. The number of sulfone groups is 1. The summed E-state index contributed by atoms with van der Waals surface area (Å²) in [6, 6.07) is -0.620. The maximum atomic E-state index is 12.8. The third-order valence-corrected chi connectivity index (χ3v) is 8.02. The second kappa shape index (κ2) is 7.94. The van der Waals surface area contributed by atoms with E-state index in [2.05, 4.69) is 24.5 Å². The quantitative estimate of drug-likeness (QED) is 0.642. The molecule has 3 aliphatic rings. The van der Waals surface area contributed by atoms with Crippen molar-refractivity contribution in [3.8, 4) is 0 Å². The highest BCUT2D eigenvalue weighted by atomic mass is 32.2. The minimum absolute atomic E-state index is 0.138. The standard InChI is InChI=1S/C20H32N2O4S/c1-14(2)10-20(8-5-9-20)13-21-19(24)16-11-27(25,26)12-17(16)22-18(23)15-6-3-4-7-15/h3-4,14-17H,5-13H2,1-2H3,(H,21,24)(H,22,23)/t16-,17-/m1/s1. The Morgan fingerprint density at radius 1 is 1.11 bits per heavy atom. The van der Waals surface area contributed by atoms with E-state index in [4.69, 9.17) is 0 Å². The maximum absolute atomic E-state index is 12.8. The fourth-order valence-electron chi connectivity index (χ4n) is 4.78. The molecular weight excluding hydrogens is 364 g/mol. The van der Waals surface area contributed by atoms with Crippen molar-refractivity contribution in [2.24, 2.45) is 23.2 Å². The lowest BCUT2D eigenvalue weighted by atomic mass is 9.64. The van der Waals surface area contributed by atoms with Crippen LogP contribution >= 0.6 is 0 Å². The molecular formula is C20H32N2O4S. The Balaban J connectivity index is 1.60. The highest BCUT2D eigenvalue weighted by molar-refractivity contribution is 7.91. The van der Waals surface area contributed by atoms with Crippen LogP contribution < -0.4 is 10.6 Å². The molecule has 7 heteroatoms. The van der Waals surface area contributed by atoms with E-state index in [1.807, 2.05) is 12.2 Å². The molecule has 0 aromatic carbocycles. The average Bonchev–Trinajstić information content (AvgIpc) is 3.17. The predicted octanol–water partition coefficient (Wildman–Crippen LogP) is 1.81. The van der Waals surface area contributed by atoms with E-state index in [1.54, 1.807) is 0 Å². The van der Waals surface area contributed by atoms with Crippen molar-refractivity contribution in [2.45, 2.75) is 58.4 Å². The lowest BCUT2D eigenvalue weighted by Crippen LogP contribution is -2.50. The molecule has 2 atom stereocenters. The summed E-state index contributed by atoms with van der Waals surface area (Å²) in [6.07, 6.45) is 9.78. The summed E-state index contributed by atoms with van der Waals surface area (Å²) in [5, 5.41) is 5.86. The molecule has 2 N–H and O–H groups in total. The van der Waals surface area contributed by atoms with Gasteiger partial charge >= 0.3 is 0 Å². The highest BCUT2D eigenvalue weighted by Crippen LogP contribution is 2.45. The molecule has 0 radical (unpaired) electrons. The molecule has 3 rings (SSSR count). The van der Waals surface area contributed by atoms with Gasteiger partial charge in [0.1, 0.15) is 0 Å². The van der Waals surface area contributed by atoms with Gasteiger partial charge in [-0.3, -0.25) is 9.59 Å². The highest BCUT2D eigenvalue weighted by Gasteiger charge is 2.44. The van der Waals surface area contributed by atoms with Gasteiger partial charge in [-0.25, -0.2) is 8.42 Å². The van der Waals surface area contributed by atoms with Gasteiger partial charge in [-0.05, 0) is 43.4 Å². The van der Waals surface area contributed by atoms with Gasteiger partial charge in [-0.2, -0.15) is 0 Å². The van der Waals surface area contributed by atoms with Gasteiger partial charge in [0.2, 0.25) is 11.8 Å². The number of nitrogens with one attached hydrogen (secondary N) is 2. The van der Waals surface area contributed by atoms with Crippen LogP contribution in [0, 0.1) is 23.2 Å². The van der Waals surface area contributed by atoms with Crippen LogP contribution in [-0.2, 0) is 19.4 Å². The monoisotopic (exact) mass is 396 g/mol. The lowest BCUT2D eigenvalue weighted by molar-refractivity contribution is -0.128. The molecule has 1 aliphatic heterocycles. The van der Waals surface area contributed by atoms with Gasteiger partial charge in [0.05, 0.1) is 23.5 Å². The van der Waals surface area contributed by atoms with Gasteiger partial charge in [0, 0.05) is 12.5 Å². The molecule has 2 aliphatic carbocycles. The Morgan fingerprint density at radius 3 is 2.33 bits per heavy atom. The number of carbonyl (C=O) groups excluding carboxylic acids is 2. The first-order chi connectivity index (χ1) is 12.7. The van der Waals surface area contributed by atoms with Gasteiger partial charge in [-0.15, -0.1) is 0 Å². The number of carbonyl (C=O) groups is 2. The number of rotatable bonds is 7. The average molecular weight is 397 g/mol. The summed E-state index contributed by atoms with van der Waals surface area (Å²) in [5.74, 6) is -0.958. The molecule has 0 aromatic heterocycles. The molecule has 152 valence electrons. The van der Waals surface area contributed by atoms with Crippen molar-refractivity contribution in [3.63, 3.8) is 0 Å². The third kappa shape index (κ3) is 4.92. The predicted molar refractivity (Wildman–Crippen MR) is 105 cm³/mol. The molecule has 0 unspecified atom stereocenters. The Labute approximate surface area is 162 Å². The lowest BCUT2D eigenvalue weighted by Gasteiger charge is -2.43. The van der Waals surface area contributed by atoms with Gasteiger partial charge in [0.25, 0.3) is 0 Å². The zero-order valence-electron chi connectivity index (χ0n) is 16.4. The van der Waals surface area contributed by atoms with E-state index in [0.717, 1.165) is 19.3 Å². The van der Waals surface area contributed by atoms with Gasteiger partial charge < -0.3 is 10.6 Å². The first-order valence-corrected chi connectivity index (χ1v) is 12.0. The van der Waals surface area contributed by atoms with Crippen LogP contribution in [-0.4, -0.2) is 44.3 Å². The minimum atomic E-state index is -3.31. The van der Waals surface area contributed by atoms with Gasteiger partial charge in [0.15, 0.2) is 9.84 Å². The SMILES string of the molecule is CC(C)CC1(CNC(=O)[C@@H]2CS(=O)(=O)C[C@H]2NC(=O)C2CC=CC2)CCC1. The molecule has 2 fully saturated rings. The Bertz CT molecular complexity index is 701. The zero-order chi connectivity index (χ0) is 19.7. The number of hydrogen-bond acceptors (Lipinski definition) is 4. The molecule has 1 heterocycles. The van der Waals surface area contributed by atoms with E-state index >= 15 is 0 Å². The molecule has 0 aromatic rings. The van der Waals surface area contributed by atoms with E-state index in [0.29, 0.717) is 25.3 Å². The van der Waals surface area contributed by atoms with Crippen LogP contribution in [0.1, 0.15) is 52.4 Å². The maximum Gasteiger partial charge on any atom is 0.226 e. The zero-order valence-corrected chi connectivity index (χ0v) is 17.2. The van der Waals surface area contributed by atoms with Crippen molar-refractivity contribution >= 4 is 21.7 Å². The number of hydrogen-bond donors (Lipinski definition) is 2. The van der Waals surface area contributed by atoms with Crippen molar-refractivity contribution in [1.29, 1.82) is 0 Å². The Kier molecular flexibility index (Phi) is 5.99. The molecule has 6 nitrogen and oxygen atoms in total. The molecule has 0 spiro atoms. The van der Waals surface area contributed by atoms with E-state index in [-0.39, 0.29) is 34.7 Å². The van der Waals surface area contributed by atoms with Crippen molar-refractivity contribution in [3.05, 3.63) is 12.2 Å². The summed E-state index contributed by atoms with van der Waals surface area (Å²) < 4.78 is 24.3. The summed E-state index contributed by atoms with van der Waals surface area (Å²) in [6.45, 7) is 4.98. The van der Waals surface area contributed by atoms with E-state index in [1.165, 1.54) is 6.42 Å². The van der Waals surface area contributed by atoms with Crippen LogP contribution in [0.25, 0.3) is 0 Å². The van der Waals surface area contributed by atoms with E-state index < -0.39 is 21.8 Å². The van der Waals surface area contributed by atoms with Crippen LogP contribution in [0.3, 0.4) is 0 Å². The van der Waals surface area contributed by atoms with Crippen LogP contribution in [0.2, 0.25) is 0 Å². The summed E-state index contributed by atoms with van der Waals surface area (Å²) in [5.41, 5.74) is 0.162. The summed E-state index contributed by atoms with van der Waals surface area (Å²) >= 11 is 0. The van der Waals surface area contributed by atoms with E-state index in [9.17, 15) is 18.0 Å². The minimum Gasteiger partial charge on any atom is -0.355 e. The first-order valence-electron chi connectivity index (χ1n) is 10.1. The fourth-order valence-corrected chi connectivity index (χ4v) is 6.71. The summed E-state index contributed by atoms with van der Waals surface area (Å²) in [4.78, 5) is 25.2. The Morgan fingerprint density at radius 2 is 1.78 bits per heavy atom. The second-order valence-electron chi connectivity index (χ2n) is 9.11. The Hall–Kier alpha value is -1.37. The number of allylic oxidation sites excluding steroid dienone is 2. The first kappa shape index (κ1) is 20.4. The van der Waals surface area contributed by atoms with Crippen LogP contribution in [0.4, 0.5) is 0 Å². The van der Waals surface area contributed by atoms with Crippen LogP contribution in [0.5, 0.6) is 0 Å².